The standard InChI is InChI=1S/C9H21NO2/c1-5-8(2)10(3)6-9(11)7-12-4/h8-9,11H,5-7H2,1-4H3. The molecule has 2 unspecified atom stereocenters. The summed E-state index contributed by atoms with van der Waals surface area (Å²) in [7, 11) is 3.62. The second-order valence-electron chi connectivity index (χ2n) is 3.31. The van der Waals surface area contributed by atoms with Crippen molar-refractivity contribution in [3.63, 3.8) is 0 Å². The number of aliphatic hydroxyl groups excluding tert-OH is 1. The van der Waals surface area contributed by atoms with Crippen LogP contribution >= 0.6 is 0 Å². The van der Waals surface area contributed by atoms with E-state index in [2.05, 4.69) is 18.7 Å². The number of rotatable bonds is 6. The molecule has 0 amide bonds. The van der Waals surface area contributed by atoms with Gasteiger partial charge < -0.3 is 14.7 Å². The molecule has 0 radical (unpaired) electrons. The lowest BCUT2D eigenvalue weighted by Gasteiger charge is -2.25. The molecule has 0 saturated heterocycles. The molecule has 0 aromatic rings. The molecule has 0 aromatic carbocycles. The van der Waals surface area contributed by atoms with Crippen molar-refractivity contribution in [3.8, 4) is 0 Å². The van der Waals surface area contributed by atoms with Crippen LogP contribution in [-0.2, 0) is 4.74 Å². The molecule has 3 nitrogen and oxygen atoms in total. The topological polar surface area (TPSA) is 32.7 Å². The lowest BCUT2D eigenvalue weighted by Crippen LogP contribution is -2.37. The highest BCUT2D eigenvalue weighted by Gasteiger charge is 2.11. The van der Waals surface area contributed by atoms with Crippen LogP contribution in [0, 0.1) is 0 Å². The van der Waals surface area contributed by atoms with Crippen LogP contribution in [0.5, 0.6) is 0 Å². The van der Waals surface area contributed by atoms with E-state index in [-0.39, 0.29) is 6.10 Å². The number of hydrogen-bond acceptors (Lipinski definition) is 3. The summed E-state index contributed by atoms with van der Waals surface area (Å²) in [5.41, 5.74) is 0. The Morgan fingerprint density at radius 3 is 2.50 bits per heavy atom. The molecule has 0 saturated carbocycles. The van der Waals surface area contributed by atoms with E-state index in [0.717, 1.165) is 6.42 Å². The quantitative estimate of drug-likeness (QED) is 0.646. The third-order valence-electron chi connectivity index (χ3n) is 2.20. The van der Waals surface area contributed by atoms with Gasteiger partial charge in [-0.15, -0.1) is 0 Å². The molecular weight excluding hydrogens is 154 g/mol. The van der Waals surface area contributed by atoms with Crippen LogP contribution in [0.1, 0.15) is 20.3 Å². The maximum absolute atomic E-state index is 9.40. The number of hydrogen-bond donors (Lipinski definition) is 1. The van der Waals surface area contributed by atoms with Gasteiger partial charge in [0.1, 0.15) is 0 Å². The average Bonchev–Trinajstić information content (AvgIpc) is 2.03. The average molecular weight is 175 g/mol. The van der Waals surface area contributed by atoms with Crippen LogP contribution < -0.4 is 0 Å². The molecule has 1 N–H and O–H groups in total. The third kappa shape index (κ3) is 4.70. The summed E-state index contributed by atoms with van der Waals surface area (Å²) in [5.74, 6) is 0. The van der Waals surface area contributed by atoms with Crippen LogP contribution in [0.15, 0.2) is 0 Å². The largest absolute Gasteiger partial charge is 0.389 e. The summed E-state index contributed by atoms with van der Waals surface area (Å²) in [6.07, 6.45) is 0.741. The minimum absolute atomic E-state index is 0.367. The Balaban J connectivity index is 3.59. The van der Waals surface area contributed by atoms with Crippen LogP contribution in [0.3, 0.4) is 0 Å². The smallest absolute Gasteiger partial charge is 0.0900 e. The summed E-state index contributed by atoms with van der Waals surface area (Å²) >= 11 is 0. The lowest BCUT2D eigenvalue weighted by atomic mass is 10.2. The molecule has 0 aliphatic heterocycles. The SMILES string of the molecule is CCC(C)N(C)CC(O)COC. The van der Waals surface area contributed by atoms with E-state index in [1.807, 2.05) is 7.05 Å². The zero-order chi connectivity index (χ0) is 9.56. The van der Waals surface area contributed by atoms with E-state index in [1.165, 1.54) is 0 Å². The highest BCUT2D eigenvalue weighted by Crippen LogP contribution is 2.01. The first-order valence-electron chi connectivity index (χ1n) is 4.49. The number of aliphatic hydroxyl groups is 1. The molecule has 0 spiro atoms. The van der Waals surface area contributed by atoms with Gasteiger partial charge in [0, 0.05) is 19.7 Å². The predicted octanol–water partition coefficient (Wildman–Crippen LogP) is 0.724. The fraction of sp³-hybridized carbons (Fsp3) is 1.00. The van der Waals surface area contributed by atoms with Crippen molar-refractivity contribution in [2.24, 2.45) is 0 Å². The summed E-state index contributed by atoms with van der Waals surface area (Å²) in [4.78, 5) is 2.14. The molecule has 0 heterocycles. The van der Waals surface area contributed by atoms with Crippen molar-refractivity contribution >= 4 is 0 Å². The molecule has 0 fully saturated rings. The molecule has 3 heteroatoms. The third-order valence-corrected chi connectivity index (χ3v) is 2.20. The van der Waals surface area contributed by atoms with Crippen molar-refractivity contribution in [2.45, 2.75) is 32.4 Å². The van der Waals surface area contributed by atoms with Gasteiger partial charge in [0.05, 0.1) is 12.7 Å². The van der Waals surface area contributed by atoms with Crippen LogP contribution in [0.25, 0.3) is 0 Å². The number of methoxy groups -OCH3 is 1. The molecule has 2 atom stereocenters. The predicted molar refractivity (Wildman–Crippen MR) is 50.3 cm³/mol. The first kappa shape index (κ1) is 11.9. The van der Waals surface area contributed by atoms with Gasteiger partial charge in [-0.3, -0.25) is 0 Å². The Hall–Kier alpha value is -0.120. The van der Waals surface area contributed by atoms with E-state index in [9.17, 15) is 5.11 Å². The lowest BCUT2D eigenvalue weighted by molar-refractivity contribution is 0.0355. The van der Waals surface area contributed by atoms with E-state index >= 15 is 0 Å². The van der Waals surface area contributed by atoms with E-state index in [0.29, 0.717) is 19.2 Å². The summed E-state index contributed by atoms with van der Waals surface area (Å²) < 4.78 is 4.84. The van der Waals surface area contributed by atoms with Gasteiger partial charge in [-0.1, -0.05) is 6.92 Å². The Labute approximate surface area is 75.3 Å². The minimum atomic E-state index is -0.367. The fourth-order valence-electron chi connectivity index (χ4n) is 1.07. The van der Waals surface area contributed by atoms with Crippen molar-refractivity contribution in [1.82, 2.24) is 4.90 Å². The first-order chi connectivity index (χ1) is 5.61. The maximum atomic E-state index is 9.40. The van der Waals surface area contributed by atoms with Gasteiger partial charge in [0.25, 0.3) is 0 Å². The van der Waals surface area contributed by atoms with Crippen molar-refractivity contribution < 1.29 is 9.84 Å². The van der Waals surface area contributed by atoms with Gasteiger partial charge in [0.15, 0.2) is 0 Å². The molecule has 74 valence electrons. The fourth-order valence-corrected chi connectivity index (χ4v) is 1.07. The van der Waals surface area contributed by atoms with Gasteiger partial charge >= 0.3 is 0 Å². The Bertz CT molecular complexity index is 109. The van der Waals surface area contributed by atoms with E-state index in [1.54, 1.807) is 7.11 Å². The molecular formula is C9H21NO2. The molecule has 0 rings (SSSR count). The second-order valence-corrected chi connectivity index (χ2v) is 3.31. The zero-order valence-corrected chi connectivity index (χ0v) is 8.58. The Morgan fingerprint density at radius 2 is 2.08 bits per heavy atom. The van der Waals surface area contributed by atoms with Crippen LogP contribution in [-0.4, -0.2) is 49.5 Å². The van der Waals surface area contributed by atoms with Crippen molar-refractivity contribution in [3.05, 3.63) is 0 Å². The number of nitrogens with zero attached hydrogens (tertiary/aromatic N) is 1. The van der Waals surface area contributed by atoms with E-state index in [4.69, 9.17) is 4.74 Å². The summed E-state index contributed by atoms with van der Waals surface area (Å²) in [6.45, 7) is 5.40. The second kappa shape index (κ2) is 6.40. The molecule has 0 bridgehead atoms. The van der Waals surface area contributed by atoms with Crippen molar-refractivity contribution in [2.75, 3.05) is 27.3 Å². The summed E-state index contributed by atoms with van der Waals surface area (Å²) in [5, 5.41) is 9.40. The minimum Gasteiger partial charge on any atom is -0.389 e. The highest BCUT2D eigenvalue weighted by atomic mass is 16.5. The number of likely N-dealkylation sites (N-methyl/N-ethyl adjacent to an activating group) is 1. The Kier molecular flexibility index (Phi) is 6.34. The van der Waals surface area contributed by atoms with Gasteiger partial charge in [0.2, 0.25) is 0 Å². The van der Waals surface area contributed by atoms with Gasteiger partial charge in [-0.2, -0.15) is 0 Å². The van der Waals surface area contributed by atoms with E-state index < -0.39 is 0 Å². The van der Waals surface area contributed by atoms with Gasteiger partial charge in [-0.25, -0.2) is 0 Å². The molecule has 0 aliphatic carbocycles. The maximum Gasteiger partial charge on any atom is 0.0900 e. The monoisotopic (exact) mass is 175 g/mol. The summed E-state index contributed by atoms with van der Waals surface area (Å²) in [6, 6.07) is 0.525. The first-order valence-corrected chi connectivity index (χ1v) is 4.49. The van der Waals surface area contributed by atoms with Crippen molar-refractivity contribution in [1.29, 1.82) is 0 Å². The molecule has 0 aromatic heterocycles. The van der Waals surface area contributed by atoms with Crippen LogP contribution in [0.4, 0.5) is 0 Å². The number of ether oxygens (including phenoxy) is 1. The normalized spacial score (nSPS) is 16.5. The molecule has 12 heavy (non-hydrogen) atoms. The van der Waals surface area contributed by atoms with Crippen LogP contribution in [0.2, 0.25) is 0 Å². The van der Waals surface area contributed by atoms with Gasteiger partial charge in [-0.05, 0) is 20.4 Å². The Morgan fingerprint density at radius 1 is 1.50 bits per heavy atom. The zero-order valence-electron chi connectivity index (χ0n) is 8.58. The molecule has 0 aliphatic rings. The highest BCUT2D eigenvalue weighted by molar-refractivity contribution is 4.65.